The van der Waals surface area contributed by atoms with Crippen LogP contribution in [-0.4, -0.2) is 42.7 Å². The molecule has 0 bridgehead atoms. The number of hydrogen-bond acceptors (Lipinski definition) is 4. The van der Waals surface area contributed by atoms with Crippen LogP contribution in [0.1, 0.15) is 30.1 Å². The van der Waals surface area contributed by atoms with E-state index in [1.807, 2.05) is 30.3 Å². The van der Waals surface area contributed by atoms with E-state index in [1.54, 1.807) is 24.4 Å². The fourth-order valence-corrected chi connectivity index (χ4v) is 4.14. The van der Waals surface area contributed by atoms with E-state index in [0.29, 0.717) is 18.3 Å². The molecule has 1 aliphatic rings. The van der Waals surface area contributed by atoms with E-state index >= 15 is 0 Å². The molecule has 1 atom stereocenters. The fourth-order valence-electron chi connectivity index (χ4n) is 4.14. The molecule has 3 aromatic rings. The second-order valence-corrected chi connectivity index (χ2v) is 8.21. The van der Waals surface area contributed by atoms with Crippen molar-refractivity contribution >= 4 is 0 Å². The number of likely N-dealkylation sites (tertiary alicyclic amines) is 1. The molecule has 0 saturated carbocycles. The van der Waals surface area contributed by atoms with Gasteiger partial charge in [0.25, 0.3) is 0 Å². The highest BCUT2D eigenvalue weighted by Crippen LogP contribution is 2.23. The first-order chi connectivity index (χ1) is 15.7. The summed E-state index contributed by atoms with van der Waals surface area (Å²) in [5, 5.41) is 3.66. The smallest absolute Gasteiger partial charge is 0.165 e. The number of aromatic nitrogens is 1. The van der Waals surface area contributed by atoms with Gasteiger partial charge in [-0.25, -0.2) is 8.78 Å². The van der Waals surface area contributed by atoms with Gasteiger partial charge in [-0.05, 0) is 80.4 Å². The van der Waals surface area contributed by atoms with Gasteiger partial charge in [-0.15, -0.1) is 0 Å². The zero-order chi connectivity index (χ0) is 22.2. The molecule has 1 aromatic heterocycles. The van der Waals surface area contributed by atoms with Crippen LogP contribution in [0.4, 0.5) is 8.78 Å². The second-order valence-electron chi connectivity index (χ2n) is 8.21. The van der Waals surface area contributed by atoms with Crippen molar-refractivity contribution in [3.05, 3.63) is 95.8 Å². The molecule has 6 heteroatoms. The minimum absolute atomic E-state index is 0.0657. The van der Waals surface area contributed by atoms with Crippen molar-refractivity contribution in [2.24, 2.45) is 5.92 Å². The van der Waals surface area contributed by atoms with Crippen LogP contribution in [-0.2, 0) is 0 Å². The highest BCUT2D eigenvalue weighted by molar-refractivity contribution is 5.28. The number of benzene rings is 2. The number of hydrogen-bond donors (Lipinski definition) is 1. The minimum Gasteiger partial charge on any atom is -0.489 e. The van der Waals surface area contributed by atoms with Crippen molar-refractivity contribution in [1.82, 2.24) is 15.2 Å². The van der Waals surface area contributed by atoms with Gasteiger partial charge in [0.1, 0.15) is 12.4 Å². The molecule has 0 aliphatic carbocycles. The molecule has 2 aromatic carbocycles. The van der Waals surface area contributed by atoms with E-state index < -0.39 is 0 Å². The Bertz CT molecular complexity index is 960. The first-order valence-electron chi connectivity index (χ1n) is 11.2. The van der Waals surface area contributed by atoms with Crippen molar-refractivity contribution in [3.8, 4) is 5.75 Å². The van der Waals surface area contributed by atoms with Gasteiger partial charge in [-0.1, -0.05) is 30.3 Å². The third-order valence-electron chi connectivity index (χ3n) is 6.01. The van der Waals surface area contributed by atoms with Crippen LogP contribution in [0.15, 0.2) is 72.9 Å². The number of halogens is 2. The van der Waals surface area contributed by atoms with Crippen molar-refractivity contribution in [2.75, 3.05) is 32.8 Å². The van der Waals surface area contributed by atoms with Crippen LogP contribution >= 0.6 is 0 Å². The lowest BCUT2D eigenvalue weighted by atomic mass is 9.95. The van der Waals surface area contributed by atoms with E-state index in [9.17, 15) is 8.78 Å². The summed E-state index contributed by atoms with van der Waals surface area (Å²) in [7, 11) is 0. The Hall–Kier alpha value is -2.83. The predicted octanol–water partition coefficient (Wildman–Crippen LogP) is 4.83. The zero-order valence-corrected chi connectivity index (χ0v) is 18.1. The lowest BCUT2D eigenvalue weighted by Crippen LogP contribution is -2.40. The van der Waals surface area contributed by atoms with Crippen LogP contribution < -0.4 is 10.1 Å². The Morgan fingerprint density at radius 3 is 2.44 bits per heavy atom. The lowest BCUT2D eigenvalue weighted by molar-refractivity contribution is 0.151. The van der Waals surface area contributed by atoms with Crippen molar-refractivity contribution < 1.29 is 13.5 Å². The number of para-hydroxylation sites is 1. The molecule has 2 heterocycles. The van der Waals surface area contributed by atoms with Gasteiger partial charge in [0.15, 0.2) is 11.6 Å². The van der Waals surface area contributed by atoms with E-state index in [0.717, 1.165) is 50.3 Å². The van der Waals surface area contributed by atoms with Crippen molar-refractivity contribution in [3.63, 3.8) is 0 Å². The Morgan fingerprint density at radius 1 is 0.969 bits per heavy atom. The van der Waals surface area contributed by atoms with E-state index in [-0.39, 0.29) is 17.7 Å². The van der Waals surface area contributed by atoms with Crippen molar-refractivity contribution in [1.29, 1.82) is 0 Å². The molecule has 1 saturated heterocycles. The van der Waals surface area contributed by atoms with Crippen LogP contribution in [0.25, 0.3) is 0 Å². The van der Waals surface area contributed by atoms with Gasteiger partial charge >= 0.3 is 0 Å². The van der Waals surface area contributed by atoms with E-state index in [4.69, 9.17) is 4.74 Å². The maximum atomic E-state index is 13.7. The Kier molecular flexibility index (Phi) is 7.80. The maximum absolute atomic E-state index is 13.7. The van der Waals surface area contributed by atoms with E-state index in [2.05, 4.69) is 15.2 Å². The summed E-state index contributed by atoms with van der Waals surface area (Å²) in [6, 6.07) is 19.0. The largest absolute Gasteiger partial charge is 0.489 e. The molecule has 0 spiro atoms. The number of nitrogens with one attached hydrogen (secondary N) is 1. The average Bonchev–Trinajstić information content (AvgIpc) is 2.83. The van der Waals surface area contributed by atoms with Gasteiger partial charge in [-0.2, -0.15) is 0 Å². The molecule has 1 fully saturated rings. The van der Waals surface area contributed by atoms with Gasteiger partial charge in [0.05, 0.1) is 11.7 Å². The van der Waals surface area contributed by atoms with Crippen LogP contribution in [0.2, 0.25) is 0 Å². The van der Waals surface area contributed by atoms with Crippen LogP contribution in [0.3, 0.4) is 0 Å². The number of pyridine rings is 1. The predicted molar refractivity (Wildman–Crippen MR) is 122 cm³/mol. The molecule has 32 heavy (non-hydrogen) atoms. The molecular formula is C26H29F2N3O. The second kappa shape index (κ2) is 11.2. The Balaban J connectivity index is 1.25. The summed E-state index contributed by atoms with van der Waals surface area (Å²) in [6.45, 7) is 4.14. The molecular weight excluding hydrogens is 408 g/mol. The van der Waals surface area contributed by atoms with E-state index in [1.165, 1.54) is 18.2 Å². The zero-order valence-electron chi connectivity index (χ0n) is 18.1. The molecule has 0 radical (unpaired) electrons. The van der Waals surface area contributed by atoms with Crippen molar-refractivity contribution in [2.45, 2.75) is 18.9 Å². The lowest BCUT2D eigenvalue weighted by Gasteiger charge is -2.33. The summed E-state index contributed by atoms with van der Waals surface area (Å²) in [5.74, 6) is 0.319. The van der Waals surface area contributed by atoms with Crippen LogP contribution in [0.5, 0.6) is 5.75 Å². The quantitative estimate of drug-likeness (QED) is 0.520. The first-order valence-corrected chi connectivity index (χ1v) is 11.2. The molecule has 1 aliphatic heterocycles. The summed E-state index contributed by atoms with van der Waals surface area (Å²) in [4.78, 5) is 6.88. The first kappa shape index (κ1) is 22.4. The highest BCUT2D eigenvalue weighted by Gasteiger charge is 2.22. The molecule has 1 unspecified atom stereocenters. The van der Waals surface area contributed by atoms with Gasteiger partial charge in [0.2, 0.25) is 0 Å². The number of ether oxygens (including phenoxy) is 1. The number of nitrogens with zero attached hydrogens (tertiary/aromatic N) is 2. The monoisotopic (exact) mass is 437 g/mol. The summed E-state index contributed by atoms with van der Waals surface area (Å²) in [6.07, 6.45) is 3.96. The molecule has 168 valence electrons. The minimum atomic E-state index is -0.319. The molecule has 4 nitrogen and oxygen atoms in total. The summed E-state index contributed by atoms with van der Waals surface area (Å²) < 4.78 is 32.6. The number of rotatable bonds is 9. The fraction of sp³-hybridized carbons (Fsp3) is 0.346. The third-order valence-corrected chi connectivity index (χ3v) is 6.01. The topological polar surface area (TPSA) is 37.4 Å². The summed E-state index contributed by atoms with van der Waals surface area (Å²) in [5.41, 5.74) is 1.94. The SMILES string of the molecule is Fc1ccc(C(NCC2CCN(CCOc3ccccc3F)CC2)c2ccccn2)cc1. The number of piperidine rings is 1. The third kappa shape index (κ3) is 6.11. The Labute approximate surface area is 188 Å². The van der Waals surface area contributed by atoms with Gasteiger partial charge in [-0.3, -0.25) is 9.88 Å². The van der Waals surface area contributed by atoms with Gasteiger partial charge in [0, 0.05) is 12.7 Å². The average molecular weight is 438 g/mol. The standard InChI is InChI=1S/C26H29F2N3O/c27-22-10-8-21(9-11-22)26(24-6-3-4-14-29-24)30-19-20-12-15-31(16-13-20)17-18-32-25-7-2-1-5-23(25)28/h1-11,14,20,26,30H,12-13,15-19H2. The molecule has 1 N–H and O–H groups in total. The van der Waals surface area contributed by atoms with Crippen LogP contribution in [0, 0.1) is 17.6 Å². The summed E-state index contributed by atoms with van der Waals surface area (Å²) >= 11 is 0. The highest BCUT2D eigenvalue weighted by atomic mass is 19.1. The Morgan fingerprint density at radius 2 is 1.72 bits per heavy atom. The molecule has 0 amide bonds. The normalized spacial score (nSPS) is 16.1. The maximum Gasteiger partial charge on any atom is 0.165 e. The van der Waals surface area contributed by atoms with Gasteiger partial charge < -0.3 is 10.1 Å². The molecule has 4 rings (SSSR count).